The fourth-order valence-corrected chi connectivity index (χ4v) is 4.30. The molecule has 6 nitrogen and oxygen atoms in total. The molecular formula is C21H27N5O. The van der Waals surface area contributed by atoms with Crippen LogP contribution in [-0.4, -0.2) is 57.6 Å². The van der Waals surface area contributed by atoms with Crippen molar-refractivity contribution in [2.75, 3.05) is 20.6 Å². The summed E-state index contributed by atoms with van der Waals surface area (Å²) in [7, 11) is 4.24. The fraction of sp³-hybridized carbons (Fsp3) is 0.524. The van der Waals surface area contributed by atoms with Crippen LogP contribution >= 0.6 is 0 Å². The molecule has 27 heavy (non-hydrogen) atoms. The van der Waals surface area contributed by atoms with Crippen molar-refractivity contribution in [1.29, 1.82) is 0 Å². The maximum Gasteiger partial charge on any atom is 0.226 e. The highest BCUT2D eigenvalue weighted by atomic mass is 16.2. The number of fused-ring (bicyclic) bond motifs is 1. The minimum Gasteiger partial charge on any atom is -0.338 e. The van der Waals surface area contributed by atoms with Crippen LogP contribution in [0.2, 0.25) is 0 Å². The van der Waals surface area contributed by atoms with E-state index in [0.717, 1.165) is 54.7 Å². The number of aromatic nitrogens is 3. The van der Waals surface area contributed by atoms with Crippen LogP contribution in [0.4, 0.5) is 0 Å². The number of hydrogen-bond donors (Lipinski definition) is 0. The summed E-state index contributed by atoms with van der Waals surface area (Å²) in [5, 5.41) is 8.79. The third-order valence-corrected chi connectivity index (χ3v) is 5.95. The van der Waals surface area contributed by atoms with E-state index in [9.17, 15) is 4.79 Å². The van der Waals surface area contributed by atoms with Gasteiger partial charge < -0.3 is 9.80 Å². The Morgan fingerprint density at radius 3 is 2.78 bits per heavy atom. The molecule has 1 aliphatic carbocycles. The van der Waals surface area contributed by atoms with Crippen molar-refractivity contribution in [2.45, 2.75) is 44.7 Å². The summed E-state index contributed by atoms with van der Waals surface area (Å²) in [6.07, 6.45) is 8.64. The zero-order valence-corrected chi connectivity index (χ0v) is 16.1. The van der Waals surface area contributed by atoms with E-state index in [2.05, 4.69) is 40.2 Å². The molecule has 3 heterocycles. The van der Waals surface area contributed by atoms with Gasteiger partial charge in [-0.15, -0.1) is 0 Å². The van der Waals surface area contributed by atoms with Crippen molar-refractivity contribution in [3.63, 3.8) is 0 Å². The number of rotatable bonds is 3. The molecule has 2 aromatic heterocycles. The van der Waals surface area contributed by atoms with Crippen molar-refractivity contribution >= 4 is 5.91 Å². The molecule has 2 unspecified atom stereocenters. The first-order chi connectivity index (χ1) is 13.1. The smallest absolute Gasteiger partial charge is 0.226 e. The Labute approximate surface area is 160 Å². The van der Waals surface area contributed by atoms with Gasteiger partial charge in [-0.2, -0.15) is 10.2 Å². The molecule has 0 spiro atoms. The van der Waals surface area contributed by atoms with E-state index in [1.165, 1.54) is 6.42 Å². The molecule has 4 rings (SSSR count). The van der Waals surface area contributed by atoms with Crippen LogP contribution in [0.5, 0.6) is 0 Å². The Kier molecular flexibility index (Phi) is 5.16. The number of hydrogen-bond acceptors (Lipinski definition) is 5. The number of carbonyl (C=O) groups excluding carboxylic acids is 1. The van der Waals surface area contributed by atoms with Gasteiger partial charge in [0.05, 0.1) is 11.4 Å². The first-order valence-corrected chi connectivity index (χ1v) is 9.83. The van der Waals surface area contributed by atoms with E-state index < -0.39 is 0 Å². The molecular weight excluding hydrogens is 338 g/mol. The monoisotopic (exact) mass is 365 g/mol. The van der Waals surface area contributed by atoms with Gasteiger partial charge in [0.25, 0.3) is 0 Å². The molecule has 0 N–H and O–H groups in total. The van der Waals surface area contributed by atoms with Gasteiger partial charge in [0.1, 0.15) is 0 Å². The normalized spacial score (nSPS) is 22.6. The van der Waals surface area contributed by atoms with Gasteiger partial charge >= 0.3 is 0 Å². The lowest BCUT2D eigenvalue weighted by Gasteiger charge is -2.36. The van der Waals surface area contributed by atoms with Gasteiger partial charge in [0, 0.05) is 49.4 Å². The van der Waals surface area contributed by atoms with E-state index in [0.29, 0.717) is 18.5 Å². The highest BCUT2D eigenvalue weighted by molar-refractivity contribution is 5.79. The molecule has 1 fully saturated rings. The van der Waals surface area contributed by atoms with Crippen LogP contribution in [0.15, 0.2) is 30.6 Å². The summed E-state index contributed by atoms with van der Waals surface area (Å²) >= 11 is 0. The zero-order valence-electron chi connectivity index (χ0n) is 16.1. The zero-order chi connectivity index (χ0) is 18.8. The molecule has 0 aromatic carbocycles. The quantitative estimate of drug-likeness (QED) is 0.836. The van der Waals surface area contributed by atoms with E-state index in [1.54, 1.807) is 12.4 Å². The number of pyridine rings is 1. The summed E-state index contributed by atoms with van der Waals surface area (Å²) in [6.45, 7) is 1.39. The second-order valence-corrected chi connectivity index (χ2v) is 7.93. The standard InChI is InChI=1S/C21H27N5O/c1-25(2)18-5-3-4-16(12-18)21(27)26-11-8-19-17(14-26)13-20(24-23-19)15-6-9-22-10-7-15/h6-7,9-10,13,16,18H,3-5,8,11-12,14H2,1-2H3. The predicted molar refractivity (Wildman–Crippen MR) is 104 cm³/mol. The van der Waals surface area contributed by atoms with Gasteiger partial charge in [-0.05, 0) is 57.1 Å². The molecule has 0 saturated heterocycles. The number of nitrogens with zero attached hydrogens (tertiary/aromatic N) is 5. The van der Waals surface area contributed by atoms with Crippen LogP contribution in [0, 0.1) is 5.92 Å². The van der Waals surface area contributed by atoms with Gasteiger partial charge in [0.2, 0.25) is 5.91 Å². The van der Waals surface area contributed by atoms with Gasteiger partial charge in [0.15, 0.2) is 0 Å². The highest BCUT2D eigenvalue weighted by Crippen LogP contribution is 2.30. The van der Waals surface area contributed by atoms with E-state index in [4.69, 9.17) is 0 Å². The topological polar surface area (TPSA) is 62.2 Å². The maximum atomic E-state index is 13.1. The Balaban J connectivity index is 1.49. The van der Waals surface area contributed by atoms with Crippen molar-refractivity contribution in [1.82, 2.24) is 25.0 Å². The molecule has 142 valence electrons. The first kappa shape index (κ1) is 18.0. The second kappa shape index (κ2) is 7.72. The minimum atomic E-state index is 0.155. The lowest BCUT2D eigenvalue weighted by atomic mass is 9.84. The molecule has 0 bridgehead atoms. The van der Waals surface area contributed by atoms with Crippen LogP contribution < -0.4 is 0 Å². The molecule has 1 aliphatic heterocycles. The van der Waals surface area contributed by atoms with Crippen LogP contribution in [-0.2, 0) is 17.8 Å². The van der Waals surface area contributed by atoms with E-state index in [-0.39, 0.29) is 5.92 Å². The molecule has 0 radical (unpaired) electrons. The lowest BCUT2D eigenvalue weighted by Crippen LogP contribution is -2.44. The Hall–Kier alpha value is -2.34. The maximum absolute atomic E-state index is 13.1. The summed E-state index contributed by atoms with van der Waals surface area (Å²) in [6, 6.07) is 6.48. The van der Waals surface area contributed by atoms with Crippen molar-refractivity contribution in [3.8, 4) is 11.3 Å². The number of carbonyl (C=O) groups is 1. The van der Waals surface area contributed by atoms with Crippen molar-refractivity contribution in [2.24, 2.45) is 5.92 Å². The summed E-state index contributed by atoms with van der Waals surface area (Å²) < 4.78 is 0. The van der Waals surface area contributed by atoms with Gasteiger partial charge in [-0.1, -0.05) is 6.42 Å². The molecule has 2 aliphatic rings. The second-order valence-electron chi connectivity index (χ2n) is 7.93. The molecule has 2 atom stereocenters. The summed E-state index contributed by atoms with van der Waals surface area (Å²) in [5.41, 5.74) is 3.99. The summed E-state index contributed by atoms with van der Waals surface area (Å²) in [5.74, 6) is 0.469. The van der Waals surface area contributed by atoms with Crippen LogP contribution in [0.3, 0.4) is 0 Å². The van der Waals surface area contributed by atoms with Crippen LogP contribution in [0.25, 0.3) is 11.3 Å². The molecule has 2 aromatic rings. The Morgan fingerprint density at radius 2 is 2.00 bits per heavy atom. The van der Waals surface area contributed by atoms with Crippen molar-refractivity contribution in [3.05, 3.63) is 41.9 Å². The molecule has 1 amide bonds. The van der Waals surface area contributed by atoms with Crippen LogP contribution in [0.1, 0.15) is 36.9 Å². The molecule has 6 heteroatoms. The highest BCUT2D eigenvalue weighted by Gasteiger charge is 2.32. The van der Waals surface area contributed by atoms with E-state index in [1.807, 2.05) is 17.0 Å². The third-order valence-electron chi connectivity index (χ3n) is 5.95. The fourth-order valence-electron chi connectivity index (χ4n) is 4.30. The van der Waals surface area contributed by atoms with E-state index >= 15 is 0 Å². The first-order valence-electron chi connectivity index (χ1n) is 9.83. The largest absolute Gasteiger partial charge is 0.338 e. The van der Waals surface area contributed by atoms with Gasteiger partial charge in [-0.25, -0.2) is 0 Å². The van der Waals surface area contributed by atoms with Crippen molar-refractivity contribution < 1.29 is 4.79 Å². The summed E-state index contributed by atoms with van der Waals surface area (Å²) in [4.78, 5) is 21.5. The third kappa shape index (κ3) is 3.86. The average Bonchev–Trinajstić information content (AvgIpc) is 2.73. The average molecular weight is 365 g/mol. The predicted octanol–water partition coefficient (Wildman–Crippen LogP) is 2.54. The molecule has 1 saturated carbocycles. The number of amides is 1. The minimum absolute atomic E-state index is 0.155. The SMILES string of the molecule is CN(C)C1CCCC(C(=O)N2CCc3nnc(-c4ccncc4)cc3C2)C1. The van der Waals surface area contributed by atoms with Gasteiger partial charge in [-0.3, -0.25) is 9.78 Å². The Bertz CT molecular complexity index is 807. The Morgan fingerprint density at radius 1 is 1.19 bits per heavy atom. The lowest BCUT2D eigenvalue weighted by molar-refractivity contribution is -0.138.